The molecule has 1 fully saturated rings. The number of carboxylic acid groups (broad SMARTS) is 1. The molecule has 0 spiro atoms. The maximum absolute atomic E-state index is 13.6. The lowest BCUT2D eigenvalue weighted by molar-refractivity contribution is -0.147. The van der Waals surface area contributed by atoms with Crippen molar-refractivity contribution in [2.24, 2.45) is 5.41 Å². The fraction of sp³-hybridized carbons (Fsp3) is 0.571. The van der Waals surface area contributed by atoms with Gasteiger partial charge in [0.25, 0.3) is 0 Å². The average molecular weight is 452 g/mol. The predicted molar refractivity (Wildman–Crippen MR) is 114 cm³/mol. The van der Waals surface area contributed by atoms with Crippen LogP contribution in [0.15, 0.2) is 24.3 Å². The number of carboxylic acids is 1. The van der Waals surface area contributed by atoms with Gasteiger partial charge in [0.05, 0.1) is 11.1 Å². The zero-order valence-corrected chi connectivity index (χ0v) is 18.6. The number of aryl methyl sites for hydroxylation is 1. The highest BCUT2D eigenvalue weighted by atomic mass is 31.2. The van der Waals surface area contributed by atoms with E-state index in [9.17, 15) is 33.8 Å². The zero-order chi connectivity index (χ0) is 23.0. The van der Waals surface area contributed by atoms with E-state index < -0.39 is 49.0 Å². The minimum Gasteiger partial charge on any atom is -0.480 e. The average Bonchev–Trinajstić information content (AvgIpc) is 3.12. The summed E-state index contributed by atoms with van der Waals surface area (Å²) < 4.78 is 12.1. The zero-order valence-electron chi connectivity index (χ0n) is 17.7. The number of benzene rings is 1. The molecule has 1 heterocycles. The van der Waals surface area contributed by atoms with E-state index in [0.717, 1.165) is 5.56 Å². The number of fused-ring (bicyclic) bond motifs is 1. The second kappa shape index (κ2) is 8.73. The van der Waals surface area contributed by atoms with E-state index in [4.69, 9.17) is 0 Å². The Hall–Kier alpha value is -2.22. The van der Waals surface area contributed by atoms with Gasteiger partial charge >= 0.3 is 13.6 Å². The third-order valence-corrected chi connectivity index (χ3v) is 8.37. The third kappa shape index (κ3) is 4.27. The molecule has 3 atom stereocenters. The summed E-state index contributed by atoms with van der Waals surface area (Å²) in [4.78, 5) is 60.7. The lowest BCUT2D eigenvalue weighted by Gasteiger charge is -2.39. The molecule has 0 aromatic heterocycles. The molecule has 0 saturated heterocycles. The van der Waals surface area contributed by atoms with Crippen molar-refractivity contribution in [2.75, 3.05) is 18.5 Å². The molecular weight excluding hydrogens is 423 g/mol. The molecule has 2 aliphatic rings. The summed E-state index contributed by atoms with van der Waals surface area (Å²) in [6.07, 6.45) is 2.16. The second-order valence-corrected chi connectivity index (χ2v) is 10.2. The molecule has 3 rings (SSSR count). The summed E-state index contributed by atoms with van der Waals surface area (Å²) in [5, 5.41) is 9.35. The predicted octanol–water partition coefficient (Wildman–Crippen LogP) is 2.00. The number of para-hydroxylation sites is 1. The standard InChI is InChI=1S/C21H29N2O7P/c1-3-21(12-6-9-17(21)31(28,29)30)20(27)22(2)16-11-10-14-7-4-5-8-15(14)23(19(16)26)13-18(24)25/h4-5,7-8,16-17H,3,6,9-13H2,1-2H3,(H,24,25)(H2,28,29,30)/t16-,17?,21?/m0/s1. The Labute approximate surface area is 181 Å². The van der Waals surface area contributed by atoms with Crippen LogP contribution in [-0.4, -0.2) is 62.9 Å². The number of likely N-dealkylation sites (N-methyl/N-ethyl adjacent to an activating group) is 1. The third-order valence-electron chi connectivity index (χ3n) is 6.80. The van der Waals surface area contributed by atoms with E-state index in [-0.39, 0.29) is 12.8 Å². The van der Waals surface area contributed by atoms with Crippen molar-refractivity contribution >= 4 is 31.1 Å². The molecule has 1 aliphatic carbocycles. The molecule has 10 heteroatoms. The van der Waals surface area contributed by atoms with Gasteiger partial charge in [-0.15, -0.1) is 0 Å². The van der Waals surface area contributed by atoms with Gasteiger partial charge in [0, 0.05) is 12.7 Å². The molecule has 170 valence electrons. The number of carbonyl (C=O) groups is 3. The van der Waals surface area contributed by atoms with Crippen molar-refractivity contribution in [2.45, 2.75) is 57.1 Å². The number of carbonyl (C=O) groups excluding carboxylic acids is 2. The molecular formula is C21H29N2O7P. The quantitative estimate of drug-likeness (QED) is 0.562. The van der Waals surface area contributed by atoms with Crippen LogP contribution in [0.5, 0.6) is 0 Å². The first-order chi connectivity index (χ1) is 14.5. The molecule has 1 aliphatic heterocycles. The number of aliphatic carboxylic acids is 1. The second-order valence-electron chi connectivity index (χ2n) is 8.42. The van der Waals surface area contributed by atoms with Gasteiger partial charge in [-0.3, -0.25) is 23.8 Å². The van der Waals surface area contributed by atoms with Crippen LogP contribution in [0.3, 0.4) is 0 Å². The van der Waals surface area contributed by atoms with Crippen molar-refractivity contribution in [1.29, 1.82) is 0 Å². The first-order valence-corrected chi connectivity index (χ1v) is 12.1. The first kappa shape index (κ1) is 23.4. The molecule has 1 aromatic carbocycles. The number of anilines is 1. The van der Waals surface area contributed by atoms with Gasteiger partial charge in [0.2, 0.25) is 11.8 Å². The van der Waals surface area contributed by atoms with Gasteiger partial charge in [-0.1, -0.05) is 31.5 Å². The lowest BCUT2D eigenvalue weighted by atomic mass is 9.81. The van der Waals surface area contributed by atoms with Crippen LogP contribution in [0.4, 0.5) is 5.69 Å². The number of hydrogen-bond acceptors (Lipinski definition) is 4. The molecule has 2 amide bonds. The molecule has 9 nitrogen and oxygen atoms in total. The maximum atomic E-state index is 13.6. The number of amides is 2. The Morgan fingerprint density at radius 2 is 1.94 bits per heavy atom. The van der Waals surface area contributed by atoms with Gasteiger partial charge in [0.1, 0.15) is 12.6 Å². The Balaban J connectivity index is 1.96. The van der Waals surface area contributed by atoms with Crippen LogP contribution < -0.4 is 4.90 Å². The van der Waals surface area contributed by atoms with Gasteiger partial charge in [0.15, 0.2) is 0 Å². The minimum absolute atomic E-state index is 0.256. The lowest BCUT2D eigenvalue weighted by Crippen LogP contribution is -2.55. The van der Waals surface area contributed by atoms with E-state index in [0.29, 0.717) is 31.4 Å². The van der Waals surface area contributed by atoms with Crippen molar-refractivity contribution in [3.8, 4) is 0 Å². The van der Waals surface area contributed by atoms with E-state index in [2.05, 4.69) is 0 Å². The molecule has 0 radical (unpaired) electrons. The number of rotatable bonds is 6. The van der Waals surface area contributed by atoms with Crippen molar-refractivity contribution in [3.05, 3.63) is 29.8 Å². The molecule has 1 saturated carbocycles. The molecule has 31 heavy (non-hydrogen) atoms. The minimum atomic E-state index is -4.51. The fourth-order valence-electron chi connectivity index (χ4n) is 5.21. The van der Waals surface area contributed by atoms with Crippen LogP contribution >= 0.6 is 7.60 Å². The highest BCUT2D eigenvalue weighted by Gasteiger charge is 2.56. The maximum Gasteiger partial charge on any atom is 0.329 e. The van der Waals surface area contributed by atoms with Crippen LogP contribution in [0.25, 0.3) is 0 Å². The van der Waals surface area contributed by atoms with Crippen LogP contribution in [0.2, 0.25) is 0 Å². The van der Waals surface area contributed by atoms with Crippen molar-refractivity contribution in [3.63, 3.8) is 0 Å². The Morgan fingerprint density at radius 3 is 2.55 bits per heavy atom. The van der Waals surface area contributed by atoms with Crippen LogP contribution in [0, 0.1) is 5.41 Å². The molecule has 1 aromatic rings. The molecule has 3 N–H and O–H groups in total. The number of hydrogen-bond donors (Lipinski definition) is 3. The van der Waals surface area contributed by atoms with Gasteiger partial charge < -0.3 is 19.8 Å². The highest BCUT2D eigenvalue weighted by Crippen LogP contribution is 2.59. The fourth-order valence-corrected chi connectivity index (χ4v) is 6.79. The summed E-state index contributed by atoms with van der Waals surface area (Å²) >= 11 is 0. The highest BCUT2D eigenvalue weighted by molar-refractivity contribution is 7.52. The van der Waals surface area contributed by atoms with Crippen molar-refractivity contribution < 1.29 is 33.8 Å². The normalized spacial score (nSPS) is 26.3. The van der Waals surface area contributed by atoms with E-state index >= 15 is 0 Å². The van der Waals surface area contributed by atoms with Gasteiger partial charge in [-0.2, -0.15) is 0 Å². The van der Waals surface area contributed by atoms with Crippen LogP contribution in [-0.2, 0) is 25.4 Å². The van der Waals surface area contributed by atoms with Gasteiger partial charge in [-0.25, -0.2) is 0 Å². The summed E-state index contributed by atoms with van der Waals surface area (Å²) in [5.41, 5.74) is -0.977. The van der Waals surface area contributed by atoms with Crippen LogP contribution in [0.1, 0.15) is 44.6 Å². The topological polar surface area (TPSA) is 135 Å². The number of nitrogens with zero attached hydrogens (tertiary/aromatic N) is 2. The van der Waals surface area contributed by atoms with E-state index in [1.165, 1.54) is 16.8 Å². The Bertz CT molecular complexity index is 930. The van der Waals surface area contributed by atoms with E-state index in [1.54, 1.807) is 19.1 Å². The van der Waals surface area contributed by atoms with Gasteiger partial charge in [-0.05, 0) is 43.7 Å². The SMILES string of the molecule is CCC1(C(=O)N(C)[C@H]2CCc3ccccc3N(CC(=O)O)C2=O)CCCC1P(=O)(O)O. The van der Waals surface area contributed by atoms with Crippen molar-refractivity contribution in [1.82, 2.24) is 4.90 Å². The Kier molecular flexibility index (Phi) is 6.60. The molecule has 2 unspecified atom stereocenters. The Morgan fingerprint density at radius 1 is 1.26 bits per heavy atom. The first-order valence-electron chi connectivity index (χ1n) is 10.5. The smallest absolute Gasteiger partial charge is 0.329 e. The monoisotopic (exact) mass is 452 g/mol. The summed E-state index contributed by atoms with van der Waals surface area (Å²) in [7, 11) is -3.03. The summed E-state index contributed by atoms with van der Waals surface area (Å²) in [6, 6.07) is 6.14. The largest absolute Gasteiger partial charge is 0.480 e. The summed E-state index contributed by atoms with van der Waals surface area (Å²) in [5.74, 6) is -2.12. The molecule has 0 bridgehead atoms. The van der Waals surface area contributed by atoms with E-state index in [1.807, 2.05) is 12.1 Å². The summed E-state index contributed by atoms with van der Waals surface area (Å²) in [6.45, 7) is 1.21.